The quantitative estimate of drug-likeness (QED) is 0.579. The van der Waals surface area contributed by atoms with Crippen LogP contribution in [0.2, 0.25) is 0 Å². The van der Waals surface area contributed by atoms with Crippen LogP contribution in [0.4, 0.5) is 11.8 Å². The fourth-order valence-electron chi connectivity index (χ4n) is 2.42. The predicted octanol–water partition coefficient (Wildman–Crippen LogP) is 2.89. The number of aryl methyl sites for hydroxylation is 1. The summed E-state index contributed by atoms with van der Waals surface area (Å²) >= 11 is 1.66. The lowest BCUT2D eigenvalue weighted by molar-refractivity contribution is 0.303. The molecule has 0 amide bonds. The van der Waals surface area contributed by atoms with Crippen LogP contribution in [0.1, 0.15) is 30.6 Å². The van der Waals surface area contributed by atoms with Crippen molar-refractivity contribution in [2.75, 3.05) is 17.3 Å². The number of nitrogens with zero attached hydrogens (tertiary/aromatic N) is 2. The molecule has 2 aromatic rings. The first-order valence-corrected chi connectivity index (χ1v) is 7.56. The molecule has 0 aromatic carbocycles. The Morgan fingerprint density at radius 3 is 2.95 bits per heavy atom. The van der Waals surface area contributed by atoms with Crippen molar-refractivity contribution >= 4 is 33.3 Å². The third kappa shape index (κ3) is 2.64. The summed E-state index contributed by atoms with van der Waals surface area (Å²) < 4.78 is 0. The molecule has 0 saturated heterocycles. The zero-order valence-electron chi connectivity index (χ0n) is 11.1. The van der Waals surface area contributed by atoms with Crippen molar-refractivity contribution in [3.8, 4) is 0 Å². The Kier molecular flexibility index (Phi) is 3.52. The van der Waals surface area contributed by atoms with Crippen molar-refractivity contribution in [1.29, 1.82) is 0 Å². The van der Waals surface area contributed by atoms with Crippen LogP contribution in [0.25, 0.3) is 10.2 Å². The fraction of sp³-hybridized carbons (Fsp3) is 0.538. The minimum atomic E-state index is 0.473. The maximum Gasteiger partial charge on any atom is 0.240 e. The van der Waals surface area contributed by atoms with Gasteiger partial charge in [-0.1, -0.05) is 19.3 Å². The highest BCUT2D eigenvalue weighted by atomic mass is 32.1. The number of nitrogens with one attached hydrogen (secondary N) is 2. The summed E-state index contributed by atoms with van der Waals surface area (Å²) in [6.07, 6.45) is 5.38. The Bertz CT molecular complexity index is 576. The maximum atomic E-state index is 5.43. The highest BCUT2D eigenvalue weighted by molar-refractivity contribution is 7.18. The van der Waals surface area contributed by atoms with E-state index >= 15 is 0 Å². The Labute approximate surface area is 116 Å². The highest BCUT2D eigenvalue weighted by Crippen LogP contribution is 2.31. The van der Waals surface area contributed by atoms with Crippen molar-refractivity contribution < 1.29 is 0 Å². The Balaban J connectivity index is 1.78. The average molecular weight is 277 g/mol. The first kappa shape index (κ1) is 12.6. The van der Waals surface area contributed by atoms with Gasteiger partial charge in [-0.25, -0.2) is 10.8 Å². The minimum Gasteiger partial charge on any atom is -0.369 e. The molecule has 0 unspecified atom stereocenters. The van der Waals surface area contributed by atoms with Gasteiger partial charge in [0.2, 0.25) is 5.95 Å². The number of hydrogen-bond acceptors (Lipinski definition) is 6. The van der Waals surface area contributed by atoms with E-state index in [0.29, 0.717) is 5.95 Å². The lowest BCUT2D eigenvalue weighted by Crippen LogP contribution is -2.17. The summed E-state index contributed by atoms with van der Waals surface area (Å²) in [5.74, 6) is 7.69. The first-order chi connectivity index (χ1) is 9.26. The van der Waals surface area contributed by atoms with Gasteiger partial charge in [0.1, 0.15) is 10.6 Å². The molecule has 1 fully saturated rings. The van der Waals surface area contributed by atoms with Gasteiger partial charge in [0.05, 0.1) is 5.39 Å². The Hall–Kier alpha value is -1.40. The van der Waals surface area contributed by atoms with Crippen molar-refractivity contribution in [1.82, 2.24) is 9.97 Å². The molecule has 0 spiro atoms. The van der Waals surface area contributed by atoms with Gasteiger partial charge in [0.15, 0.2) is 0 Å². The standard InChI is InChI=1S/C13H19N5S/c1-8-7-10-11(15-6-5-9-3-2-4-9)16-13(18-14)17-12(10)19-8/h7,9H,2-6,14H2,1H3,(H2,15,16,17,18). The molecule has 1 aliphatic rings. The van der Waals surface area contributed by atoms with E-state index < -0.39 is 0 Å². The number of aromatic nitrogens is 2. The summed E-state index contributed by atoms with van der Waals surface area (Å²) in [5.41, 5.74) is 2.53. The smallest absolute Gasteiger partial charge is 0.240 e. The van der Waals surface area contributed by atoms with Gasteiger partial charge >= 0.3 is 0 Å². The molecule has 3 rings (SSSR count). The van der Waals surface area contributed by atoms with Crippen LogP contribution in [-0.2, 0) is 0 Å². The number of thiophene rings is 1. The van der Waals surface area contributed by atoms with E-state index in [9.17, 15) is 0 Å². The SMILES string of the molecule is Cc1cc2c(NCCC3CCC3)nc(NN)nc2s1. The molecule has 6 heteroatoms. The Morgan fingerprint density at radius 1 is 1.42 bits per heavy atom. The molecule has 0 bridgehead atoms. The van der Waals surface area contributed by atoms with Crippen molar-refractivity contribution in [3.63, 3.8) is 0 Å². The normalized spacial score (nSPS) is 15.5. The summed E-state index contributed by atoms with van der Waals surface area (Å²) in [5, 5.41) is 4.53. The number of hydrogen-bond donors (Lipinski definition) is 3. The van der Waals surface area contributed by atoms with Crippen LogP contribution in [0.15, 0.2) is 6.07 Å². The molecule has 19 heavy (non-hydrogen) atoms. The van der Waals surface area contributed by atoms with Crippen LogP contribution < -0.4 is 16.6 Å². The maximum absolute atomic E-state index is 5.43. The van der Waals surface area contributed by atoms with Gasteiger partial charge in [-0.15, -0.1) is 11.3 Å². The molecule has 1 saturated carbocycles. The van der Waals surface area contributed by atoms with E-state index in [-0.39, 0.29) is 0 Å². The number of anilines is 2. The molecule has 5 nitrogen and oxygen atoms in total. The number of nitrogen functional groups attached to an aromatic ring is 1. The van der Waals surface area contributed by atoms with E-state index in [1.165, 1.54) is 30.6 Å². The molecule has 102 valence electrons. The summed E-state index contributed by atoms with van der Waals surface area (Å²) in [4.78, 5) is 11.0. The van der Waals surface area contributed by atoms with Crippen LogP contribution in [0.3, 0.4) is 0 Å². The predicted molar refractivity (Wildman–Crippen MR) is 80.4 cm³/mol. The second-order valence-corrected chi connectivity index (χ2v) is 6.36. The second-order valence-electron chi connectivity index (χ2n) is 5.13. The molecule has 0 atom stereocenters. The average Bonchev–Trinajstić information content (AvgIpc) is 2.72. The van der Waals surface area contributed by atoms with Crippen LogP contribution in [0, 0.1) is 12.8 Å². The number of nitrogens with two attached hydrogens (primary N) is 1. The zero-order valence-corrected chi connectivity index (χ0v) is 11.9. The van der Waals surface area contributed by atoms with Crippen LogP contribution >= 0.6 is 11.3 Å². The van der Waals surface area contributed by atoms with Gasteiger partial charge in [-0.3, -0.25) is 5.43 Å². The molecule has 2 aromatic heterocycles. The lowest BCUT2D eigenvalue weighted by Gasteiger charge is -2.25. The number of fused-ring (bicyclic) bond motifs is 1. The molecule has 0 aliphatic heterocycles. The van der Waals surface area contributed by atoms with E-state index in [4.69, 9.17) is 5.84 Å². The molecule has 4 N–H and O–H groups in total. The largest absolute Gasteiger partial charge is 0.369 e. The van der Waals surface area contributed by atoms with Crippen LogP contribution in [-0.4, -0.2) is 16.5 Å². The van der Waals surface area contributed by atoms with Crippen LogP contribution in [0.5, 0.6) is 0 Å². The second kappa shape index (κ2) is 5.30. The van der Waals surface area contributed by atoms with Crippen molar-refractivity contribution in [2.24, 2.45) is 11.8 Å². The van der Waals surface area contributed by atoms with Gasteiger partial charge < -0.3 is 5.32 Å². The fourth-order valence-corrected chi connectivity index (χ4v) is 3.30. The van der Waals surface area contributed by atoms with E-state index in [1.807, 2.05) is 0 Å². The highest BCUT2D eigenvalue weighted by Gasteiger charge is 2.17. The zero-order chi connectivity index (χ0) is 13.2. The molecule has 2 heterocycles. The monoisotopic (exact) mass is 277 g/mol. The van der Waals surface area contributed by atoms with E-state index in [2.05, 4.69) is 33.7 Å². The Morgan fingerprint density at radius 2 is 2.26 bits per heavy atom. The summed E-state index contributed by atoms with van der Waals surface area (Å²) in [6.45, 7) is 3.05. The summed E-state index contributed by atoms with van der Waals surface area (Å²) in [7, 11) is 0. The van der Waals surface area contributed by atoms with Crippen molar-refractivity contribution in [2.45, 2.75) is 32.6 Å². The van der Waals surface area contributed by atoms with Gasteiger partial charge in [-0.05, 0) is 25.3 Å². The molecular formula is C13H19N5S. The van der Waals surface area contributed by atoms with E-state index in [0.717, 1.165) is 28.5 Å². The van der Waals surface area contributed by atoms with Gasteiger partial charge in [0.25, 0.3) is 0 Å². The lowest BCUT2D eigenvalue weighted by atomic mass is 9.83. The third-order valence-corrected chi connectivity index (χ3v) is 4.66. The first-order valence-electron chi connectivity index (χ1n) is 6.75. The number of hydrazine groups is 1. The van der Waals surface area contributed by atoms with E-state index in [1.54, 1.807) is 11.3 Å². The minimum absolute atomic E-state index is 0.473. The number of rotatable bonds is 5. The summed E-state index contributed by atoms with van der Waals surface area (Å²) in [6, 6.07) is 2.13. The van der Waals surface area contributed by atoms with Crippen molar-refractivity contribution in [3.05, 3.63) is 10.9 Å². The molecular weight excluding hydrogens is 258 g/mol. The molecule has 1 aliphatic carbocycles. The molecule has 0 radical (unpaired) electrons. The topological polar surface area (TPSA) is 75.9 Å². The van der Waals surface area contributed by atoms with Gasteiger partial charge in [-0.2, -0.15) is 4.98 Å². The third-order valence-electron chi connectivity index (χ3n) is 3.71. The van der Waals surface area contributed by atoms with Gasteiger partial charge in [0, 0.05) is 11.4 Å².